The molecule has 0 radical (unpaired) electrons. The maximum Gasteiger partial charge on any atom is 0.257 e. The van der Waals surface area contributed by atoms with E-state index < -0.39 is 0 Å². The molecule has 0 aliphatic rings. The zero-order valence-corrected chi connectivity index (χ0v) is 10.7. The number of anilines is 1. The van der Waals surface area contributed by atoms with Gasteiger partial charge < -0.3 is 5.32 Å². The summed E-state index contributed by atoms with van der Waals surface area (Å²) in [5.41, 5.74) is 1.53. The van der Waals surface area contributed by atoms with E-state index in [0.29, 0.717) is 11.4 Å². The average Bonchev–Trinajstić information content (AvgIpc) is 2.33. The van der Waals surface area contributed by atoms with Gasteiger partial charge in [-0.1, -0.05) is 22.0 Å². The lowest BCUT2D eigenvalue weighted by molar-refractivity contribution is 0.102. The molecule has 0 unspecified atom stereocenters. The molecule has 0 aliphatic heterocycles. The number of nitrogens with one attached hydrogen (secondary N) is 1. The number of aromatic nitrogens is 2. The summed E-state index contributed by atoms with van der Waals surface area (Å²) in [4.78, 5) is 12.0. The molecule has 1 N–H and O–H groups in total. The van der Waals surface area contributed by atoms with Crippen molar-refractivity contribution < 1.29 is 4.79 Å². The monoisotopic (exact) mass is 291 g/mol. The van der Waals surface area contributed by atoms with Crippen molar-refractivity contribution >= 4 is 27.7 Å². The van der Waals surface area contributed by atoms with Gasteiger partial charge in [0.15, 0.2) is 5.82 Å². The fourth-order valence-corrected chi connectivity index (χ4v) is 1.75. The van der Waals surface area contributed by atoms with Crippen molar-refractivity contribution in [3.05, 3.63) is 52.1 Å². The molecule has 0 saturated carbocycles. The Morgan fingerprint density at radius 1 is 1.35 bits per heavy atom. The fourth-order valence-electron chi connectivity index (χ4n) is 1.39. The minimum Gasteiger partial charge on any atom is -0.305 e. The van der Waals surface area contributed by atoms with Crippen LogP contribution in [0.1, 0.15) is 15.9 Å². The number of halogens is 1. The highest BCUT2D eigenvalue weighted by Gasteiger charge is 2.10. The molecule has 5 heteroatoms. The van der Waals surface area contributed by atoms with Crippen LogP contribution in [0, 0.1) is 6.92 Å². The Morgan fingerprint density at radius 2 is 2.18 bits per heavy atom. The van der Waals surface area contributed by atoms with E-state index in [1.165, 1.54) is 0 Å². The minimum atomic E-state index is -0.190. The van der Waals surface area contributed by atoms with Gasteiger partial charge in [-0.25, -0.2) is 0 Å². The summed E-state index contributed by atoms with van der Waals surface area (Å²) in [5, 5.41) is 10.2. The first-order valence-corrected chi connectivity index (χ1v) is 5.81. The second kappa shape index (κ2) is 5.05. The predicted octanol–water partition coefficient (Wildman–Crippen LogP) is 2.80. The number of carbonyl (C=O) groups is 1. The minimum absolute atomic E-state index is 0.190. The Hall–Kier alpha value is -1.75. The predicted molar refractivity (Wildman–Crippen MR) is 68.9 cm³/mol. The first-order chi connectivity index (χ1) is 8.16. The molecule has 1 heterocycles. The molecular weight excluding hydrogens is 282 g/mol. The van der Waals surface area contributed by atoms with Crippen molar-refractivity contribution in [2.45, 2.75) is 6.92 Å². The number of carbonyl (C=O) groups excluding carboxylic acids is 1. The van der Waals surface area contributed by atoms with Crippen molar-refractivity contribution in [2.75, 3.05) is 5.32 Å². The van der Waals surface area contributed by atoms with Crippen molar-refractivity contribution in [1.82, 2.24) is 10.2 Å². The molecule has 2 rings (SSSR count). The van der Waals surface area contributed by atoms with Crippen LogP contribution in [0.5, 0.6) is 0 Å². The summed E-state index contributed by atoms with van der Waals surface area (Å²) in [6, 6.07) is 8.97. The molecule has 0 aliphatic carbocycles. The Balaban J connectivity index is 2.23. The molecule has 1 aromatic carbocycles. The second-order valence-corrected chi connectivity index (χ2v) is 4.44. The largest absolute Gasteiger partial charge is 0.305 e. The molecule has 17 heavy (non-hydrogen) atoms. The van der Waals surface area contributed by atoms with Gasteiger partial charge in [-0.2, -0.15) is 5.10 Å². The molecule has 1 aromatic heterocycles. The topological polar surface area (TPSA) is 54.9 Å². The normalized spacial score (nSPS) is 10.0. The lowest BCUT2D eigenvalue weighted by Gasteiger charge is -2.06. The lowest BCUT2D eigenvalue weighted by atomic mass is 10.1. The third kappa shape index (κ3) is 2.88. The van der Waals surface area contributed by atoms with Gasteiger partial charge in [0, 0.05) is 16.2 Å². The van der Waals surface area contributed by atoms with E-state index in [1.807, 2.05) is 19.1 Å². The number of rotatable bonds is 2. The maximum absolute atomic E-state index is 12.0. The zero-order valence-electron chi connectivity index (χ0n) is 9.14. The third-order valence-electron chi connectivity index (χ3n) is 2.26. The Labute approximate surface area is 107 Å². The molecule has 0 spiro atoms. The molecule has 1 amide bonds. The number of hydrogen-bond acceptors (Lipinski definition) is 3. The van der Waals surface area contributed by atoms with Gasteiger partial charge in [0.1, 0.15) is 0 Å². The molecule has 4 nitrogen and oxygen atoms in total. The Bertz CT molecular complexity index is 543. The van der Waals surface area contributed by atoms with Crippen LogP contribution in [-0.2, 0) is 0 Å². The first kappa shape index (κ1) is 11.7. The van der Waals surface area contributed by atoms with Crippen LogP contribution in [0.4, 0.5) is 5.82 Å². The standard InChI is InChI=1S/C12H10BrN3O/c1-8-4-5-9(13)7-10(8)12(17)15-11-3-2-6-14-16-11/h2-7H,1H3,(H,15,16,17). The average molecular weight is 292 g/mol. The van der Waals surface area contributed by atoms with Gasteiger partial charge in [0.25, 0.3) is 5.91 Å². The maximum atomic E-state index is 12.0. The lowest BCUT2D eigenvalue weighted by Crippen LogP contribution is -2.14. The van der Waals surface area contributed by atoms with Gasteiger partial charge >= 0.3 is 0 Å². The van der Waals surface area contributed by atoms with Gasteiger partial charge in [-0.05, 0) is 36.8 Å². The van der Waals surface area contributed by atoms with Crippen molar-refractivity contribution in [3.63, 3.8) is 0 Å². The van der Waals surface area contributed by atoms with Crippen LogP contribution < -0.4 is 5.32 Å². The molecule has 2 aromatic rings. The molecular formula is C12H10BrN3O. The van der Waals surface area contributed by atoms with Crippen LogP contribution in [0.2, 0.25) is 0 Å². The van der Waals surface area contributed by atoms with Gasteiger partial charge in [-0.3, -0.25) is 4.79 Å². The Kier molecular flexibility index (Phi) is 3.49. The number of amides is 1. The highest BCUT2D eigenvalue weighted by Crippen LogP contribution is 2.17. The molecule has 0 bridgehead atoms. The first-order valence-electron chi connectivity index (χ1n) is 5.02. The van der Waals surface area contributed by atoms with Crippen LogP contribution in [-0.4, -0.2) is 16.1 Å². The van der Waals surface area contributed by atoms with E-state index in [-0.39, 0.29) is 5.91 Å². The number of nitrogens with zero attached hydrogens (tertiary/aromatic N) is 2. The van der Waals surface area contributed by atoms with Crippen LogP contribution in [0.25, 0.3) is 0 Å². The van der Waals surface area contributed by atoms with Crippen molar-refractivity contribution in [1.29, 1.82) is 0 Å². The van der Waals surface area contributed by atoms with E-state index in [1.54, 1.807) is 24.4 Å². The zero-order chi connectivity index (χ0) is 12.3. The summed E-state index contributed by atoms with van der Waals surface area (Å²) in [6.45, 7) is 1.89. The van der Waals surface area contributed by atoms with E-state index in [0.717, 1.165) is 10.0 Å². The van der Waals surface area contributed by atoms with E-state index in [9.17, 15) is 4.79 Å². The highest BCUT2D eigenvalue weighted by molar-refractivity contribution is 9.10. The number of benzene rings is 1. The number of aryl methyl sites for hydroxylation is 1. The van der Waals surface area contributed by atoms with Crippen LogP contribution in [0.3, 0.4) is 0 Å². The van der Waals surface area contributed by atoms with Crippen molar-refractivity contribution in [2.24, 2.45) is 0 Å². The van der Waals surface area contributed by atoms with Gasteiger partial charge in [-0.15, -0.1) is 5.10 Å². The fraction of sp³-hybridized carbons (Fsp3) is 0.0833. The summed E-state index contributed by atoms with van der Waals surface area (Å²) in [7, 11) is 0. The van der Waals surface area contributed by atoms with E-state index in [4.69, 9.17) is 0 Å². The smallest absolute Gasteiger partial charge is 0.257 e. The Morgan fingerprint density at radius 3 is 2.88 bits per heavy atom. The van der Waals surface area contributed by atoms with Crippen LogP contribution >= 0.6 is 15.9 Å². The SMILES string of the molecule is Cc1ccc(Br)cc1C(=O)Nc1cccnn1. The van der Waals surface area contributed by atoms with Crippen LogP contribution in [0.15, 0.2) is 41.0 Å². The summed E-state index contributed by atoms with van der Waals surface area (Å²) in [5.74, 6) is 0.251. The second-order valence-electron chi connectivity index (χ2n) is 3.52. The molecule has 0 saturated heterocycles. The highest BCUT2D eigenvalue weighted by atomic mass is 79.9. The van der Waals surface area contributed by atoms with E-state index in [2.05, 4.69) is 31.4 Å². The molecule has 0 atom stereocenters. The van der Waals surface area contributed by atoms with E-state index >= 15 is 0 Å². The quantitative estimate of drug-likeness (QED) is 0.926. The summed E-state index contributed by atoms with van der Waals surface area (Å²) < 4.78 is 0.868. The van der Waals surface area contributed by atoms with Gasteiger partial charge in [0.05, 0.1) is 0 Å². The third-order valence-corrected chi connectivity index (χ3v) is 2.75. The van der Waals surface area contributed by atoms with Gasteiger partial charge in [0.2, 0.25) is 0 Å². The summed E-state index contributed by atoms with van der Waals surface area (Å²) in [6.07, 6.45) is 1.56. The summed E-state index contributed by atoms with van der Waals surface area (Å²) >= 11 is 3.34. The molecule has 0 fully saturated rings. The number of hydrogen-bond donors (Lipinski definition) is 1. The molecule has 86 valence electrons. The van der Waals surface area contributed by atoms with Crippen molar-refractivity contribution in [3.8, 4) is 0 Å².